The van der Waals surface area contributed by atoms with Crippen molar-refractivity contribution < 1.29 is 14.3 Å². The van der Waals surface area contributed by atoms with Crippen LogP contribution in [0.15, 0.2) is 35.6 Å². The Morgan fingerprint density at radius 2 is 1.74 bits per heavy atom. The molecule has 168 valence electrons. The predicted octanol–water partition coefficient (Wildman–Crippen LogP) is 4.23. The number of ether oxygens (including phenoxy) is 1. The summed E-state index contributed by atoms with van der Waals surface area (Å²) < 4.78 is 6.24. The summed E-state index contributed by atoms with van der Waals surface area (Å²) in [5.41, 5.74) is 2.90. The summed E-state index contributed by atoms with van der Waals surface area (Å²) in [5.74, 6) is 0.247. The lowest BCUT2D eigenvalue weighted by Crippen LogP contribution is -2.39. The van der Waals surface area contributed by atoms with Gasteiger partial charge in [0.05, 0.1) is 17.5 Å². The van der Waals surface area contributed by atoms with Crippen LogP contribution in [-0.2, 0) is 19.7 Å². The standard InChI is InChI=1S/C26H36N2O3/c1-26(2,3)18-13-11-17(12-14-18)22-21-23(29)19-9-6-7-10-20(19)31-24(21)25(30)28(22)16-8-15-27(4)5/h11-14,19-20,22H,6-10,15-16H2,1-5H3. The van der Waals surface area contributed by atoms with Crippen molar-refractivity contribution in [2.45, 2.75) is 70.4 Å². The Kier molecular flexibility index (Phi) is 5.99. The van der Waals surface area contributed by atoms with Gasteiger partial charge in [0, 0.05) is 6.54 Å². The van der Waals surface area contributed by atoms with Crippen LogP contribution in [0, 0.1) is 5.92 Å². The van der Waals surface area contributed by atoms with Gasteiger partial charge in [-0.05, 0) is 62.9 Å². The molecule has 3 aliphatic rings. The van der Waals surface area contributed by atoms with E-state index in [9.17, 15) is 9.59 Å². The first-order chi connectivity index (χ1) is 14.7. The number of hydrogen-bond acceptors (Lipinski definition) is 4. The molecular formula is C26H36N2O3. The van der Waals surface area contributed by atoms with Crippen LogP contribution >= 0.6 is 0 Å². The Labute approximate surface area is 186 Å². The Bertz CT molecular complexity index is 879. The molecule has 1 saturated carbocycles. The first-order valence-electron chi connectivity index (χ1n) is 11.7. The predicted molar refractivity (Wildman–Crippen MR) is 122 cm³/mol. The van der Waals surface area contributed by atoms with Gasteiger partial charge in [-0.3, -0.25) is 9.59 Å². The highest BCUT2D eigenvalue weighted by Gasteiger charge is 2.51. The van der Waals surface area contributed by atoms with Gasteiger partial charge in [-0.1, -0.05) is 51.5 Å². The van der Waals surface area contributed by atoms with Crippen LogP contribution in [0.4, 0.5) is 0 Å². The minimum absolute atomic E-state index is 0.0545. The molecule has 3 unspecified atom stereocenters. The van der Waals surface area contributed by atoms with Gasteiger partial charge < -0.3 is 14.5 Å². The van der Waals surface area contributed by atoms with E-state index in [1.165, 1.54) is 5.56 Å². The third kappa shape index (κ3) is 4.17. The fourth-order valence-electron chi connectivity index (χ4n) is 5.19. The molecule has 0 aromatic heterocycles. The van der Waals surface area contributed by atoms with Gasteiger partial charge in [0.25, 0.3) is 5.91 Å². The van der Waals surface area contributed by atoms with Gasteiger partial charge in [0.1, 0.15) is 6.10 Å². The van der Waals surface area contributed by atoms with E-state index in [4.69, 9.17) is 4.74 Å². The molecule has 4 rings (SSSR count). The molecule has 1 aromatic rings. The largest absolute Gasteiger partial charge is 0.483 e. The molecule has 31 heavy (non-hydrogen) atoms. The number of Topliss-reactive ketones (excluding diaryl/α,β-unsaturated/α-hetero) is 1. The minimum Gasteiger partial charge on any atom is -0.483 e. The summed E-state index contributed by atoms with van der Waals surface area (Å²) in [4.78, 5) is 31.0. The van der Waals surface area contributed by atoms with Crippen LogP contribution < -0.4 is 0 Å². The number of nitrogens with zero attached hydrogens (tertiary/aromatic N) is 2. The van der Waals surface area contributed by atoms with E-state index in [1.807, 2.05) is 19.0 Å². The summed E-state index contributed by atoms with van der Waals surface area (Å²) in [6.45, 7) is 8.08. The van der Waals surface area contributed by atoms with Crippen molar-refractivity contribution in [1.82, 2.24) is 9.80 Å². The molecular weight excluding hydrogens is 388 g/mol. The maximum absolute atomic E-state index is 13.6. The van der Waals surface area contributed by atoms with Crippen molar-refractivity contribution >= 4 is 11.7 Å². The average Bonchev–Trinajstić information content (AvgIpc) is 3.00. The molecule has 0 N–H and O–H groups in total. The minimum atomic E-state index is -0.339. The van der Waals surface area contributed by atoms with Gasteiger partial charge >= 0.3 is 0 Å². The molecule has 2 aliphatic heterocycles. The normalized spacial score (nSPS) is 26.3. The van der Waals surface area contributed by atoms with Crippen molar-refractivity contribution in [1.29, 1.82) is 0 Å². The fourth-order valence-corrected chi connectivity index (χ4v) is 5.19. The summed E-state index contributed by atoms with van der Waals surface area (Å²) in [7, 11) is 4.07. The highest BCUT2D eigenvalue weighted by atomic mass is 16.5. The molecule has 0 spiro atoms. The second-order valence-electron chi connectivity index (χ2n) is 10.6. The van der Waals surface area contributed by atoms with E-state index in [1.54, 1.807) is 0 Å². The van der Waals surface area contributed by atoms with E-state index in [-0.39, 0.29) is 35.2 Å². The van der Waals surface area contributed by atoms with E-state index in [0.717, 1.165) is 44.2 Å². The number of benzene rings is 1. The molecule has 0 bridgehead atoms. The molecule has 5 nitrogen and oxygen atoms in total. The van der Waals surface area contributed by atoms with E-state index in [0.29, 0.717) is 17.9 Å². The zero-order chi connectivity index (χ0) is 22.3. The molecule has 0 saturated heterocycles. The van der Waals surface area contributed by atoms with Gasteiger partial charge in [0.2, 0.25) is 0 Å². The number of carbonyl (C=O) groups excluding carboxylic acids is 2. The monoisotopic (exact) mass is 424 g/mol. The second kappa shape index (κ2) is 8.42. The first kappa shape index (κ1) is 22.1. The van der Waals surface area contributed by atoms with Crippen molar-refractivity contribution in [3.63, 3.8) is 0 Å². The average molecular weight is 425 g/mol. The Balaban J connectivity index is 1.70. The molecule has 5 heteroatoms. The molecule has 1 aromatic carbocycles. The third-order valence-electron chi connectivity index (χ3n) is 6.96. The quantitative estimate of drug-likeness (QED) is 0.710. The van der Waals surface area contributed by atoms with Crippen LogP contribution in [0.5, 0.6) is 0 Å². The lowest BCUT2D eigenvalue weighted by Gasteiger charge is -2.35. The highest BCUT2D eigenvalue weighted by Crippen LogP contribution is 2.46. The Morgan fingerprint density at radius 1 is 1.06 bits per heavy atom. The number of fused-ring (bicyclic) bond motifs is 1. The molecule has 1 amide bonds. The van der Waals surface area contributed by atoms with Gasteiger partial charge in [-0.2, -0.15) is 0 Å². The first-order valence-corrected chi connectivity index (χ1v) is 11.7. The van der Waals surface area contributed by atoms with Crippen LogP contribution in [0.1, 0.15) is 70.0 Å². The van der Waals surface area contributed by atoms with Gasteiger partial charge in [-0.15, -0.1) is 0 Å². The van der Waals surface area contributed by atoms with Gasteiger partial charge in [-0.25, -0.2) is 0 Å². The van der Waals surface area contributed by atoms with Crippen molar-refractivity contribution in [3.05, 3.63) is 46.7 Å². The SMILES string of the molecule is CN(C)CCCN1C(=O)C2=C(C(=O)C3CCCCC3O2)C1c1ccc(C(C)(C)C)cc1. The zero-order valence-corrected chi connectivity index (χ0v) is 19.6. The summed E-state index contributed by atoms with van der Waals surface area (Å²) >= 11 is 0. The van der Waals surface area contributed by atoms with E-state index < -0.39 is 0 Å². The molecule has 3 atom stereocenters. The summed E-state index contributed by atoms with van der Waals surface area (Å²) in [6.07, 6.45) is 4.59. The molecule has 1 aliphatic carbocycles. The molecule has 1 fully saturated rings. The van der Waals surface area contributed by atoms with Crippen LogP contribution in [0.25, 0.3) is 0 Å². The van der Waals surface area contributed by atoms with Gasteiger partial charge in [0.15, 0.2) is 11.5 Å². The number of hydrogen-bond donors (Lipinski definition) is 0. The molecule has 0 radical (unpaired) electrons. The third-order valence-corrected chi connectivity index (χ3v) is 6.96. The summed E-state index contributed by atoms with van der Waals surface area (Å²) in [5, 5.41) is 0. The fraction of sp³-hybridized carbons (Fsp3) is 0.615. The zero-order valence-electron chi connectivity index (χ0n) is 19.6. The highest BCUT2D eigenvalue weighted by molar-refractivity contribution is 6.11. The van der Waals surface area contributed by atoms with E-state index in [2.05, 4.69) is 49.9 Å². The number of amides is 1. The topological polar surface area (TPSA) is 49.9 Å². The van der Waals surface area contributed by atoms with Crippen molar-refractivity contribution in [2.75, 3.05) is 27.2 Å². The maximum atomic E-state index is 13.6. The molecule has 2 heterocycles. The van der Waals surface area contributed by atoms with Crippen molar-refractivity contribution in [3.8, 4) is 0 Å². The van der Waals surface area contributed by atoms with Crippen molar-refractivity contribution in [2.24, 2.45) is 5.92 Å². The second-order valence-corrected chi connectivity index (χ2v) is 10.6. The van der Waals surface area contributed by atoms with Crippen LogP contribution in [-0.4, -0.2) is 54.8 Å². The smallest absolute Gasteiger partial charge is 0.290 e. The summed E-state index contributed by atoms with van der Waals surface area (Å²) in [6, 6.07) is 8.11. The number of rotatable bonds is 5. The lowest BCUT2D eigenvalue weighted by atomic mass is 9.77. The Hall–Kier alpha value is -2.14. The Morgan fingerprint density at radius 3 is 2.39 bits per heavy atom. The van der Waals surface area contributed by atoms with E-state index >= 15 is 0 Å². The maximum Gasteiger partial charge on any atom is 0.290 e. The lowest BCUT2D eigenvalue weighted by molar-refractivity contribution is -0.135. The van der Waals surface area contributed by atoms with Crippen LogP contribution in [0.2, 0.25) is 0 Å². The van der Waals surface area contributed by atoms with Crippen LogP contribution in [0.3, 0.4) is 0 Å². The number of ketones is 1. The number of carbonyl (C=O) groups is 2.